The first-order valence-corrected chi connectivity index (χ1v) is 20.3. The molecule has 5 heterocycles. The Labute approximate surface area is 339 Å². The van der Waals surface area contributed by atoms with Crippen molar-refractivity contribution in [2.45, 2.75) is 0 Å². The average molecular weight is 751 g/mol. The van der Waals surface area contributed by atoms with E-state index in [1.165, 1.54) is 65.5 Å². The van der Waals surface area contributed by atoms with Crippen LogP contribution in [0.3, 0.4) is 0 Å². The fourth-order valence-corrected chi connectivity index (χ4v) is 10.3. The van der Waals surface area contributed by atoms with Crippen molar-refractivity contribution in [3.8, 4) is 56.3 Å². The Kier molecular flexibility index (Phi) is 6.07. The Morgan fingerprint density at radius 2 is 0.949 bits per heavy atom. The van der Waals surface area contributed by atoms with Crippen LogP contribution >= 0.6 is 0 Å². The summed E-state index contributed by atoms with van der Waals surface area (Å²) in [5.74, 6) is 2.54. The van der Waals surface area contributed by atoms with Crippen LogP contribution in [0.1, 0.15) is 0 Å². The lowest BCUT2D eigenvalue weighted by atomic mass is 9.50. The Morgan fingerprint density at radius 3 is 1.66 bits per heavy atom. The number of benzene rings is 9. The van der Waals surface area contributed by atoms with Crippen molar-refractivity contribution in [2.24, 2.45) is 0 Å². The van der Waals surface area contributed by atoms with Crippen molar-refractivity contribution in [2.75, 3.05) is 0 Å². The quantitative estimate of drug-likeness (QED) is 0.168. The highest BCUT2D eigenvalue weighted by molar-refractivity contribution is 6.84. The van der Waals surface area contributed by atoms with Gasteiger partial charge < -0.3 is 18.4 Å². The molecule has 0 aliphatic carbocycles. The maximum atomic E-state index is 6.98. The van der Waals surface area contributed by atoms with Crippen molar-refractivity contribution >= 4 is 77.7 Å². The molecule has 59 heavy (non-hydrogen) atoms. The minimum absolute atomic E-state index is 0.277. The molecule has 0 saturated carbocycles. The van der Waals surface area contributed by atoms with E-state index in [4.69, 9.17) is 9.39 Å². The summed E-state index contributed by atoms with van der Waals surface area (Å²) >= 11 is 0. The lowest BCUT2D eigenvalue weighted by molar-refractivity contribution is 0.479. The molecule has 0 bridgehead atoms. The largest absolute Gasteiger partial charge is 0.551 e. The molecule has 0 unspecified atom stereocenters. The minimum atomic E-state index is -0.277. The molecule has 9 aromatic carbocycles. The smallest absolute Gasteiger partial charge is 0.434 e. The maximum Gasteiger partial charge on any atom is 0.434 e. The Morgan fingerprint density at radius 1 is 0.373 bits per heavy atom. The van der Waals surface area contributed by atoms with Crippen LogP contribution in [0.2, 0.25) is 0 Å². The number of ether oxygens (including phenoxy) is 1. The lowest BCUT2D eigenvalue weighted by Gasteiger charge is -2.33. The van der Waals surface area contributed by atoms with E-state index in [1.807, 2.05) is 12.1 Å². The van der Waals surface area contributed by atoms with Gasteiger partial charge in [0, 0.05) is 54.5 Å². The van der Waals surface area contributed by atoms with E-state index in [-0.39, 0.29) is 6.92 Å². The molecule has 0 atom stereocenters. The third kappa shape index (κ3) is 4.23. The molecule has 0 saturated heterocycles. The predicted molar refractivity (Wildman–Crippen MR) is 244 cm³/mol. The first-order chi connectivity index (χ1) is 29.2. The van der Waals surface area contributed by atoms with Crippen LogP contribution in [0, 0.1) is 0 Å². The van der Waals surface area contributed by atoms with E-state index in [2.05, 4.69) is 185 Å². The Bertz CT molecular complexity index is 3630. The van der Waals surface area contributed by atoms with Crippen LogP contribution in [0.4, 0.5) is 0 Å². The Balaban J connectivity index is 0.980. The van der Waals surface area contributed by atoms with Gasteiger partial charge in [-0.3, -0.25) is 0 Å². The van der Waals surface area contributed by atoms with Gasteiger partial charge in [-0.15, -0.1) is 0 Å². The molecule has 2 aliphatic heterocycles. The normalized spacial score (nSPS) is 13.0. The van der Waals surface area contributed by atoms with Crippen LogP contribution in [-0.2, 0) is 0 Å². The molecule has 3 aromatic heterocycles. The molecule has 0 fully saturated rings. The molecule has 2 aliphatic rings. The molecule has 4 nitrogen and oxygen atoms in total. The summed E-state index contributed by atoms with van der Waals surface area (Å²) in [6.45, 7) is -0.277. The highest BCUT2D eigenvalue weighted by Crippen LogP contribution is 2.46. The molecule has 0 amide bonds. The van der Waals surface area contributed by atoms with Crippen molar-refractivity contribution in [3.63, 3.8) is 0 Å². The first-order valence-electron chi connectivity index (χ1n) is 20.3. The van der Waals surface area contributed by atoms with Crippen molar-refractivity contribution in [1.29, 1.82) is 0 Å². The molecule has 272 valence electrons. The zero-order chi connectivity index (χ0) is 38.3. The molecule has 0 spiro atoms. The van der Waals surface area contributed by atoms with Gasteiger partial charge in [-0.25, -0.2) is 0 Å². The third-order valence-electron chi connectivity index (χ3n) is 12.9. The van der Waals surface area contributed by atoms with Crippen LogP contribution in [0.15, 0.2) is 188 Å². The number of hydrogen-bond donors (Lipinski definition) is 0. The molecule has 14 rings (SSSR count). The van der Waals surface area contributed by atoms with Crippen LogP contribution < -0.4 is 20.3 Å². The fraction of sp³-hybridized carbons (Fsp3) is 0. The summed E-state index contributed by atoms with van der Waals surface area (Å²) in [5, 5.41) is 7.58. The first kappa shape index (κ1) is 31.3. The molecular formula is C54H31BN2O2. The minimum Gasteiger partial charge on any atom is -0.551 e. The summed E-state index contributed by atoms with van der Waals surface area (Å²) in [6, 6.07) is 68.1. The SMILES string of the molecule is c1cc(-c2cc3c4c(c2)-c2cc(-c5cc6c7ccccc7n7c8ccccc8c(c5)c67)ccc2OB4c2ccccc2O3)cc(-n2c3ccccc3c3ccccc32)c1. The van der Waals surface area contributed by atoms with Crippen LogP contribution in [0.5, 0.6) is 17.2 Å². The highest BCUT2D eigenvalue weighted by Gasteiger charge is 2.41. The second-order valence-electron chi connectivity index (χ2n) is 16.0. The maximum absolute atomic E-state index is 6.98. The third-order valence-corrected chi connectivity index (χ3v) is 12.9. The van der Waals surface area contributed by atoms with Gasteiger partial charge in [-0.05, 0) is 107 Å². The number of hydrogen-bond acceptors (Lipinski definition) is 2. The molecule has 5 heteroatoms. The van der Waals surface area contributed by atoms with Crippen molar-refractivity contribution in [3.05, 3.63) is 188 Å². The van der Waals surface area contributed by atoms with Gasteiger partial charge in [0.25, 0.3) is 0 Å². The molecule has 12 aromatic rings. The van der Waals surface area contributed by atoms with Crippen molar-refractivity contribution in [1.82, 2.24) is 8.97 Å². The number of para-hydroxylation sites is 5. The monoisotopic (exact) mass is 750 g/mol. The van der Waals surface area contributed by atoms with Crippen molar-refractivity contribution < 1.29 is 9.39 Å². The van der Waals surface area contributed by atoms with Gasteiger partial charge in [0.05, 0.1) is 27.6 Å². The van der Waals surface area contributed by atoms with E-state index in [0.29, 0.717) is 0 Å². The van der Waals surface area contributed by atoms with Crippen LogP contribution in [0.25, 0.3) is 99.0 Å². The summed E-state index contributed by atoms with van der Waals surface area (Å²) in [4.78, 5) is 0. The molecule has 0 N–H and O–H groups in total. The van der Waals surface area contributed by atoms with Gasteiger partial charge in [0.15, 0.2) is 0 Å². The van der Waals surface area contributed by atoms with E-state index in [1.54, 1.807) is 0 Å². The van der Waals surface area contributed by atoms with Gasteiger partial charge in [0.1, 0.15) is 17.2 Å². The second kappa shape index (κ2) is 11.4. The van der Waals surface area contributed by atoms with Gasteiger partial charge >= 0.3 is 6.92 Å². The lowest BCUT2D eigenvalue weighted by Crippen LogP contribution is -2.53. The number of nitrogens with zero attached hydrogens (tertiary/aromatic N) is 2. The Hall–Kier alpha value is -7.76. The number of aromatic nitrogens is 2. The van der Waals surface area contributed by atoms with E-state index >= 15 is 0 Å². The highest BCUT2D eigenvalue weighted by atomic mass is 16.5. The summed E-state index contributed by atoms with van der Waals surface area (Å²) in [5.41, 5.74) is 16.1. The predicted octanol–water partition coefficient (Wildman–Crippen LogP) is 12.5. The van der Waals surface area contributed by atoms with E-state index in [9.17, 15) is 0 Å². The van der Waals surface area contributed by atoms with Gasteiger partial charge in [-0.1, -0.05) is 109 Å². The summed E-state index contributed by atoms with van der Waals surface area (Å²) < 4.78 is 18.6. The zero-order valence-electron chi connectivity index (χ0n) is 31.7. The molecular weight excluding hydrogens is 719 g/mol. The fourth-order valence-electron chi connectivity index (χ4n) is 10.3. The van der Waals surface area contributed by atoms with Crippen LogP contribution in [-0.4, -0.2) is 15.9 Å². The van der Waals surface area contributed by atoms with Gasteiger partial charge in [-0.2, -0.15) is 0 Å². The second-order valence-corrected chi connectivity index (χ2v) is 16.0. The summed E-state index contributed by atoms with van der Waals surface area (Å²) in [6.07, 6.45) is 0. The number of fused-ring (bicyclic) bond motifs is 13. The zero-order valence-corrected chi connectivity index (χ0v) is 31.7. The van der Waals surface area contributed by atoms with Gasteiger partial charge in [0.2, 0.25) is 0 Å². The average Bonchev–Trinajstić information content (AvgIpc) is 3.94. The summed E-state index contributed by atoms with van der Waals surface area (Å²) in [7, 11) is 0. The number of rotatable bonds is 3. The van der Waals surface area contributed by atoms with E-state index < -0.39 is 0 Å². The van der Waals surface area contributed by atoms with E-state index in [0.717, 1.165) is 61.7 Å². The topological polar surface area (TPSA) is 27.8 Å². The standard InChI is InChI=1S/C54H31BN2O2/c1-6-19-46-37(14-1)38-15-2-7-20-47(38)56(46)36-13-11-12-32(26-36)35-28-42-41-27-33(24-25-50(41)59-55-45-18-5-10-23-51(45)58-52(31-35)53(42)55)34-29-43-39-16-3-8-21-48(39)57-49-22-9-4-17-40(49)44(30-34)54(43)57/h1-31H. The molecule has 0 radical (unpaired) electrons.